The fourth-order valence-corrected chi connectivity index (χ4v) is 3.59. The molecular formula is C21H17F2N5O2. The number of hydrogen-bond donors (Lipinski definition) is 0. The van der Waals surface area contributed by atoms with Crippen molar-refractivity contribution in [1.82, 2.24) is 24.3 Å². The monoisotopic (exact) mass is 409 g/mol. The van der Waals surface area contributed by atoms with Crippen LogP contribution in [0.4, 0.5) is 8.78 Å². The van der Waals surface area contributed by atoms with Gasteiger partial charge in [-0.1, -0.05) is 18.2 Å². The molecule has 0 saturated carbocycles. The number of ether oxygens (including phenoxy) is 1. The number of likely N-dealkylation sites (tertiary alicyclic amines) is 1. The summed E-state index contributed by atoms with van der Waals surface area (Å²) in [6, 6.07) is 10.7. The third-order valence-electron chi connectivity index (χ3n) is 5.21. The lowest BCUT2D eigenvalue weighted by Crippen LogP contribution is -2.55. The minimum atomic E-state index is -3.09. The summed E-state index contributed by atoms with van der Waals surface area (Å²) in [7, 11) is 0. The van der Waals surface area contributed by atoms with Gasteiger partial charge in [-0.15, -0.1) is 0 Å². The number of amides is 1. The predicted octanol–water partition coefficient (Wildman–Crippen LogP) is 3.21. The van der Waals surface area contributed by atoms with E-state index in [1.54, 1.807) is 41.2 Å². The second kappa shape index (κ2) is 7.01. The number of hydrogen-bond acceptors (Lipinski definition) is 5. The number of rotatable bonds is 3. The van der Waals surface area contributed by atoms with Gasteiger partial charge in [0.15, 0.2) is 17.4 Å². The topological polar surface area (TPSA) is 72.6 Å². The Kier molecular flexibility index (Phi) is 4.30. The zero-order valence-electron chi connectivity index (χ0n) is 15.8. The van der Waals surface area contributed by atoms with E-state index in [0.717, 1.165) is 5.39 Å². The Hall–Kier alpha value is -3.62. The Balaban J connectivity index is 1.40. The minimum Gasteiger partial charge on any atom is -0.466 e. The molecule has 0 unspecified atom stereocenters. The second-order valence-electron chi connectivity index (χ2n) is 7.14. The van der Waals surface area contributed by atoms with Crippen LogP contribution in [0.5, 0.6) is 5.88 Å². The van der Waals surface area contributed by atoms with Crippen molar-refractivity contribution in [1.29, 1.82) is 0 Å². The molecule has 1 aliphatic rings. The lowest BCUT2D eigenvalue weighted by Gasteiger charge is -2.37. The zero-order valence-corrected chi connectivity index (χ0v) is 15.8. The highest BCUT2D eigenvalue weighted by atomic mass is 19.3. The zero-order chi connectivity index (χ0) is 20.7. The fraction of sp³-hybridized carbons (Fsp3) is 0.238. The Labute approximate surface area is 169 Å². The van der Waals surface area contributed by atoms with Crippen LogP contribution in [0.1, 0.15) is 16.9 Å². The number of imidazole rings is 1. The van der Waals surface area contributed by atoms with Crippen LogP contribution in [0.2, 0.25) is 0 Å². The molecule has 1 fully saturated rings. The fourth-order valence-electron chi connectivity index (χ4n) is 3.59. The molecule has 7 nitrogen and oxygen atoms in total. The largest absolute Gasteiger partial charge is 0.466 e. The number of nitrogens with zero attached hydrogens (tertiary/aromatic N) is 5. The first-order valence-electron chi connectivity index (χ1n) is 9.48. The predicted molar refractivity (Wildman–Crippen MR) is 105 cm³/mol. The Bertz CT molecular complexity index is 1240. The molecule has 0 N–H and O–H groups in total. The van der Waals surface area contributed by atoms with Gasteiger partial charge in [-0.2, -0.15) is 0 Å². The van der Waals surface area contributed by atoms with E-state index in [0.29, 0.717) is 11.2 Å². The summed E-state index contributed by atoms with van der Waals surface area (Å²) in [5.41, 5.74) is 1.15. The lowest BCUT2D eigenvalue weighted by molar-refractivity contribution is -0.131. The van der Waals surface area contributed by atoms with Crippen molar-refractivity contribution in [3.63, 3.8) is 0 Å². The number of fused-ring (bicyclic) bond motifs is 2. The van der Waals surface area contributed by atoms with E-state index in [2.05, 4.69) is 15.0 Å². The van der Waals surface area contributed by atoms with E-state index < -0.39 is 24.4 Å². The van der Waals surface area contributed by atoms with Crippen molar-refractivity contribution in [3.8, 4) is 5.88 Å². The first-order chi connectivity index (χ1) is 14.5. The number of benzene rings is 1. The molecule has 1 amide bonds. The van der Waals surface area contributed by atoms with Crippen LogP contribution in [0.3, 0.4) is 0 Å². The van der Waals surface area contributed by atoms with Crippen molar-refractivity contribution in [3.05, 3.63) is 66.9 Å². The van der Waals surface area contributed by atoms with Crippen LogP contribution in [0, 0.1) is 0 Å². The van der Waals surface area contributed by atoms with Crippen LogP contribution < -0.4 is 4.74 Å². The van der Waals surface area contributed by atoms with Gasteiger partial charge in [-0.3, -0.25) is 4.79 Å². The lowest BCUT2D eigenvalue weighted by atomic mass is 10.0. The van der Waals surface area contributed by atoms with Crippen LogP contribution in [0.15, 0.2) is 61.2 Å². The third-order valence-corrected chi connectivity index (χ3v) is 5.21. The normalized spacial score (nSPS) is 18.6. The Morgan fingerprint density at radius 2 is 1.90 bits per heavy atom. The van der Waals surface area contributed by atoms with Crippen LogP contribution in [0.25, 0.3) is 16.6 Å². The van der Waals surface area contributed by atoms with E-state index in [1.807, 2.05) is 18.2 Å². The standard InChI is InChI=1S/C21H17F2N5O2/c22-21(23)7-10-28(20(29)18-19-25-9-12-27(19)11-8-24-18)13-16(21)30-17-6-5-14-3-1-2-4-15(14)26-17/h1-6,8-9,11-12,16H,7,10,13H2/t16-/m0/s1. The molecule has 4 heterocycles. The van der Waals surface area contributed by atoms with Crippen LogP contribution in [-0.4, -0.2) is 55.3 Å². The van der Waals surface area contributed by atoms with Gasteiger partial charge in [0.2, 0.25) is 5.88 Å². The van der Waals surface area contributed by atoms with Crippen molar-refractivity contribution in [2.24, 2.45) is 0 Å². The average molecular weight is 409 g/mol. The highest BCUT2D eigenvalue weighted by Gasteiger charge is 2.47. The molecule has 0 aliphatic carbocycles. The van der Waals surface area contributed by atoms with E-state index >= 15 is 0 Å². The summed E-state index contributed by atoms with van der Waals surface area (Å²) in [5, 5.41) is 0.885. The van der Waals surface area contributed by atoms with E-state index in [1.165, 1.54) is 11.1 Å². The summed E-state index contributed by atoms with van der Waals surface area (Å²) >= 11 is 0. The van der Waals surface area contributed by atoms with Gasteiger partial charge < -0.3 is 14.0 Å². The van der Waals surface area contributed by atoms with Crippen molar-refractivity contribution >= 4 is 22.5 Å². The Morgan fingerprint density at radius 3 is 2.77 bits per heavy atom. The molecule has 30 heavy (non-hydrogen) atoms. The summed E-state index contributed by atoms with van der Waals surface area (Å²) in [5.74, 6) is -3.44. The molecule has 3 aromatic heterocycles. The highest BCUT2D eigenvalue weighted by molar-refractivity contribution is 5.97. The number of carbonyl (C=O) groups excluding carboxylic acids is 1. The molecule has 0 bridgehead atoms. The summed E-state index contributed by atoms with van der Waals surface area (Å²) in [4.78, 5) is 26.9. The number of para-hydroxylation sites is 1. The molecule has 1 aliphatic heterocycles. The average Bonchev–Trinajstić information content (AvgIpc) is 3.23. The van der Waals surface area contributed by atoms with Crippen molar-refractivity contribution in [2.45, 2.75) is 18.4 Å². The maximum absolute atomic E-state index is 14.6. The minimum absolute atomic E-state index is 0.0969. The smallest absolute Gasteiger partial charge is 0.287 e. The quantitative estimate of drug-likeness (QED) is 0.520. The molecule has 1 atom stereocenters. The summed E-state index contributed by atoms with van der Waals surface area (Å²) in [6.07, 6.45) is 4.37. The SMILES string of the molecule is O=C(c1nccn2ccnc12)N1CCC(F)(F)[C@@H](Oc2ccc3ccccc3n2)C1. The van der Waals surface area contributed by atoms with E-state index in [4.69, 9.17) is 4.74 Å². The van der Waals surface area contributed by atoms with Crippen LogP contribution >= 0.6 is 0 Å². The van der Waals surface area contributed by atoms with Crippen molar-refractivity contribution < 1.29 is 18.3 Å². The highest BCUT2D eigenvalue weighted by Crippen LogP contribution is 2.32. The number of alkyl halides is 2. The van der Waals surface area contributed by atoms with Gasteiger partial charge in [0.1, 0.15) is 0 Å². The van der Waals surface area contributed by atoms with Gasteiger partial charge in [0.05, 0.1) is 12.1 Å². The Morgan fingerprint density at radius 1 is 1.10 bits per heavy atom. The molecular weight excluding hydrogens is 392 g/mol. The number of halogens is 2. The van der Waals surface area contributed by atoms with Gasteiger partial charge in [0.25, 0.3) is 11.8 Å². The summed E-state index contributed by atoms with van der Waals surface area (Å²) < 4.78 is 36.4. The van der Waals surface area contributed by atoms with Gasteiger partial charge in [0, 0.05) is 49.2 Å². The molecule has 0 radical (unpaired) electrons. The molecule has 152 valence electrons. The van der Waals surface area contributed by atoms with Gasteiger partial charge >= 0.3 is 0 Å². The number of aromatic nitrogens is 4. The molecule has 4 aromatic rings. The molecule has 1 aromatic carbocycles. The molecule has 5 rings (SSSR count). The number of carbonyl (C=O) groups is 1. The first kappa shape index (κ1) is 18.4. The van der Waals surface area contributed by atoms with Crippen LogP contribution in [-0.2, 0) is 0 Å². The van der Waals surface area contributed by atoms with Gasteiger partial charge in [-0.05, 0) is 12.1 Å². The molecule has 0 spiro atoms. The molecule has 9 heteroatoms. The molecule has 1 saturated heterocycles. The maximum atomic E-state index is 14.6. The number of pyridine rings is 1. The van der Waals surface area contributed by atoms with E-state index in [9.17, 15) is 13.6 Å². The first-order valence-corrected chi connectivity index (χ1v) is 9.48. The second-order valence-corrected chi connectivity index (χ2v) is 7.14. The maximum Gasteiger partial charge on any atom is 0.287 e. The van der Waals surface area contributed by atoms with E-state index in [-0.39, 0.29) is 24.7 Å². The van der Waals surface area contributed by atoms with Crippen molar-refractivity contribution in [2.75, 3.05) is 13.1 Å². The summed E-state index contributed by atoms with van der Waals surface area (Å²) in [6.45, 7) is -0.371. The third kappa shape index (κ3) is 3.22. The number of piperidine rings is 1. The van der Waals surface area contributed by atoms with Gasteiger partial charge in [-0.25, -0.2) is 23.7 Å².